The van der Waals surface area contributed by atoms with Crippen LogP contribution in [0.15, 0.2) is 97.1 Å². The van der Waals surface area contributed by atoms with Crippen molar-refractivity contribution >= 4 is 40.9 Å². The lowest BCUT2D eigenvalue weighted by atomic mass is 9.78. The van der Waals surface area contributed by atoms with E-state index in [1.165, 1.54) is 0 Å². The zero-order chi connectivity index (χ0) is 32.9. The van der Waals surface area contributed by atoms with Crippen LogP contribution in [0.4, 0.5) is 11.4 Å². The summed E-state index contributed by atoms with van der Waals surface area (Å²) in [5.41, 5.74) is 4.21. The molecule has 0 bridgehead atoms. The molecule has 9 heteroatoms. The summed E-state index contributed by atoms with van der Waals surface area (Å²) in [7, 11) is 0. The highest BCUT2D eigenvalue weighted by molar-refractivity contribution is 8.02. The van der Waals surface area contributed by atoms with E-state index in [1.807, 2.05) is 118 Å². The van der Waals surface area contributed by atoms with Gasteiger partial charge in [-0.2, -0.15) is 0 Å². The van der Waals surface area contributed by atoms with Crippen molar-refractivity contribution in [2.24, 2.45) is 11.8 Å². The minimum atomic E-state index is -1.02. The second-order valence-corrected chi connectivity index (χ2v) is 14.1. The number of fused-ring (bicyclic) bond motifs is 2. The maximum atomic E-state index is 15.1. The number of hydrogen-bond donors (Lipinski definition) is 1. The van der Waals surface area contributed by atoms with Gasteiger partial charge in [-0.3, -0.25) is 14.4 Å². The van der Waals surface area contributed by atoms with Gasteiger partial charge in [0, 0.05) is 29.7 Å². The summed E-state index contributed by atoms with van der Waals surface area (Å²) in [5.74, 6) is -1.43. The Balaban J connectivity index is 1.35. The van der Waals surface area contributed by atoms with Gasteiger partial charge in [-0.1, -0.05) is 72.8 Å². The molecule has 8 nitrogen and oxygen atoms in total. The molecule has 4 heterocycles. The molecular weight excluding hydrogens is 611 g/mol. The van der Waals surface area contributed by atoms with Crippen LogP contribution in [0.25, 0.3) is 0 Å². The van der Waals surface area contributed by atoms with Crippen LogP contribution < -0.4 is 14.5 Å². The molecule has 7 rings (SSSR count). The fraction of sp³-hybridized carbons (Fsp3) is 0.342. The van der Waals surface area contributed by atoms with Crippen LogP contribution in [0.3, 0.4) is 0 Å². The topological polar surface area (TPSA) is 90.4 Å². The van der Waals surface area contributed by atoms with Crippen molar-refractivity contribution in [3.05, 3.63) is 114 Å². The Hall–Kier alpha value is -4.34. The predicted octanol–water partition coefficient (Wildman–Crippen LogP) is 5.24. The molecule has 2 saturated heterocycles. The molecule has 242 valence electrons. The molecule has 2 fully saturated rings. The van der Waals surface area contributed by atoms with Crippen LogP contribution >= 0.6 is 11.8 Å². The van der Waals surface area contributed by atoms with E-state index in [9.17, 15) is 9.90 Å². The zero-order valence-electron chi connectivity index (χ0n) is 26.8. The highest BCUT2D eigenvalue weighted by Gasteiger charge is 2.72. The van der Waals surface area contributed by atoms with Crippen molar-refractivity contribution in [1.82, 2.24) is 4.90 Å². The second kappa shape index (κ2) is 12.4. The van der Waals surface area contributed by atoms with Crippen molar-refractivity contribution in [3.63, 3.8) is 0 Å². The average Bonchev–Trinajstić information content (AvgIpc) is 3.39. The van der Waals surface area contributed by atoms with Crippen LogP contribution in [-0.2, 0) is 14.4 Å². The fourth-order valence-electron chi connectivity index (χ4n) is 7.99. The second-order valence-electron chi connectivity index (χ2n) is 12.6. The lowest BCUT2D eigenvalue weighted by Gasteiger charge is -2.39. The van der Waals surface area contributed by atoms with Crippen LogP contribution in [0.5, 0.6) is 5.75 Å². The maximum Gasteiger partial charge on any atom is 0.251 e. The van der Waals surface area contributed by atoms with E-state index in [4.69, 9.17) is 4.74 Å². The molecule has 3 aromatic carbocycles. The van der Waals surface area contributed by atoms with Crippen LogP contribution in [0.2, 0.25) is 0 Å². The van der Waals surface area contributed by atoms with E-state index >= 15 is 9.59 Å². The van der Waals surface area contributed by atoms with Crippen molar-refractivity contribution in [1.29, 1.82) is 0 Å². The number of para-hydroxylation sites is 1. The molecular formula is C38H39N3O5S. The SMILES string of the molecule is CCOc1ccc(N2CC=C[C@H]3S[C@]45C=CCN(c6c(C)cccc6C)C(=O)C4N([C@H](CO)c4ccccc4)C(=O)[C@@H]5[C@H]3C2=O)cc1. The van der Waals surface area contributed by atoms with Crippen LogP contribution in [0.1, 0.15) is 29.7 Å². The van der Waals surface area contributed by atoms with Gasteiger partial charge in [0.2, 0.25) is 11.8 Å². The van der Waals surface area contributed by atoms with Crippen molar-refractivity contribution in [3.8, 4) is 5.75 Å². The smallest absolute Gasteiger partial charge is 0.251 e. The van der Waals surface area contributed by atoms with E-state index < -0.39 is 28.7 Å². The first-order valence-corrected chi connectivity index (χ1v) is 17.1. The zero-order valence-corrected chi connectivity index (χ0v) is 27.6. The molecule has 0 aromatic heterocycles. The maximum absolute atomic E-state index is 15.1. The Morgan fingerprint density at radius 3 is 2.26 bits per heavy atom. The normalized spacial score (nSPS) is 27.3. The van der Waals surface area contributed by atoms with E-state index in [-0.39, 0.29) is 29.6 Å². The van der Waals surface area contributed by atoms with E-state index in [0.29, 0.717) is 19.7 Å². The third-order valence-corrected chi connectivity index (χ3v) is 11.7. The summed E-state index contributed by atoms with van der Waals surface area (Å²) in [6.07, 6.45) is 8.04. The van der Waals surface area contributed by atoms with Crippen molar-refractivity contribution < 1.29 is 24.2 Å². The molecule has 4 aliphatic heterocycles. The molecule has 1 spiro atoms. The first-order valence-electron chi connectivity index (χ1n) is 16.2. The Bertz CT molecular complexity index is 1740. The van der Waals surface area contributed by atoms with E-state index in [1.54, 1.807) is 26.5 Å². The van der Waals surface area contributed by atoms with Crippen LogP contribution in [-0.4, -0.2) is 70.1 Å². The predicted molar refractivity (Wildman–Crippen MR) is 185 cm³/mol. The summed E-state index contributed by atoms with van der Waals surface area (Å²) in [4.78, 5) is 49.9. The van der Waals surface area contributed by atoms with E-state index in [2.05, 4.69) is 0 Å². The lowest BCUT2D eigenvalue weighted by molar-refractivity contribution is -0.141. The Kier molecular flexibility index (Phi) is 8.22. The first kappa shape index (κ1) is 31.3. The summed E-state index contributed by atoms with van der Waals surface area (Å²) in [6, 6.07) is 21.1. The minimum absolute atomic E-state index is 0.149. The molecule has 3 amide bonds. The van der Waals surface area contributed by atoms with Gasteiger partial charge in [-0.05, 0) is 61.7 Å². The summed E-state index contributed by atoms with van der Waals surface area (Å²) in [5, 5.41) is 10.6. The number of anilines is 2. The number of aliphatic hydroxyl groups is 1. The Labute approximate surface area is 279 Å². The third kappa shape index (κ3) is 4.98. The number of likely N-dealkylation sites (tertiary alicyclic amines) is 1. The summed E-state index contributed by atoms with van der Waals surface area (Å²) in [6.45, 7) is 6.79. The number of ether oxygens (including phenoxy) is 1. The van der Waals surface area contributed by atoms with Gasteiger partial charge >= 0.3 is 0 Å². The molecule has 6 atom stereocenters. The Morgan fingerprint density at radius 2 is 1.57 bits per heavy atom. The number of thioether (sulfide) groups is 1. The van der Waals surface area contributed by atoms with Gasteiger partial charge in [0.25, 0.3) is 5.91 Å². The average molecular weight is 650 g/mol. The quantitative estimate of drug-likeness (QED) is 0.353. The lowest BCUT2D eigenvalue weighted by Crippen LogP contribution is -2.54. The Morgan fingerprint density at radius 1 is 0.872 bits per heavy atom. The van der Waals surface area contributed by atoms with Gasteiger partial charge in [0.1, 0.15) is 11.8 Å². The van der Waals surface area contributed by atoms with Gasteiger partial charge < -0.3 is 24.5 Å². The summed E-state index contributed by atoms with van der Waals surface area (Å²) >= 11 is 1.54. The van der Waals surface area contributed by atoms with Gasteiger partial charge in [0.05, 0.1) is 35.8 Å². The number of aliphatic hydroxyl groups excluding tert-OH is 1. The number of carbonyl (C=O) groups excluding carboxylic acids is 3. The molecule has 1 unspecified atom stereocenters. The standard InChI is InChI=1S/C38H39N3O5S/c1-4-46-28-18-16-27(17-19-28)39-21-9-15-30-31(35(39)43)32-36(44)41(29(23-42)26-13-6-5-7-14-26)34-37(45)40(22-10-20-38(32,34)47-30)33-24(2)11-8-12-25(33)3/h5-20,29-32,34,42H,4,21-23H2,1-3H3/t29-,30-,31+,32+,34?,38+/m1/s1. The van der Waals surface area contributed by atoms with Gasteiger partial charge in [-0.25, -0.2) is 0 Å². The molecule has 4 aliphatic rings. The molecule has 0 radical (unpaired) electrons. The first-order chi connectivity index (χ1) is 22.8. The largest absolute Gasteiger partial charge is 0.494 e. The number of rotatable bonds is 7. The third-order valence-electron chi connectivity index (χ3n) is 9.96. The fourth-order valence-corrected chi connectivity index (χ4v) is 9.99. The highest BCUT2D eigenvalue weighted by Crippen LogP contribution is 2.62. The summed E-state index contributed by atoms with van der Waals surface area (Å²) < 4.78 is 4.61. The monoisotopic (exact) mass is 649 g/mol. The van der Waals surface area contributed by atoms with Gasteiger partial charge in [0.15, 0.2) is 0 Å². The number of carbonyl (C=O) groups is 3. The van der Waals surface area contributed by atoms with Gasteiger partial charge in [-0.15, -0.1) is 11.8 Å². The molecule has 0 saturated carbocycles. The number of nitrogens with zero attached hydrogens (tertiary/aromatic N) is 3. The molecule has 1 N–H and O–H groups in total. The van der Waals surface area contributed by atoms with Crippen molar-refractivity contribution in [2.75, 3.05) is 36.1 Å². The van der Waals surface area contributed by atoms with Crippen molar-refractivity contribution in [2.45, 2.75) is 42.9 Å². The number of aryl methyl sites for hydroxylation is 2. The number of amides is 3. The van der Waals surface area contributed by atoms with E-state index in [0.717, 1.165) is 33.8 Å². The van der Waals surface area contributed by atoms with Crippen LogP contribution in [0, 0.1) is 25.7 Å². The molecule has 47 heavy (non-hydrogen) atoms. The number of hydrogen-bond acceptors (Lipinski definition) is 6. The minimum Gasteiger partial charge on any atom is -0.494 e. The highest BCUT2D eigenvalue weighted by atomic mass is 32.2. The number of benzene rings is 3. The molecule has 0 aliphatic carbocycles. The molecule has 3 aromatic rings.